The molecule has 1 aliphatic carbocycles. The van der Waals surface area contributed by atoms with Gasteiger partial charge in [0, 0.05) is 24.7 Å². The molecule has 0 bridgehead atoms. The summed E-state index contributed by atoms with van der Waals surface area (Å²) in [5.74, 6) is 0. The van der Waals surface area contributed by atoms with Crippen LogP contribution in [0.4, 0.5) is 0 Å². The third-order valence-corrected chi connectivity index (χ3v) is 6.28. The van der Waals surface area contributed by atoms with Crippen LogP contribution in [-0.2, 0) is 10.2 Å². The summed E-state index contributed by atoms with van der Waals surface area (Å²) in [7, 11) is -3.37. The van der Waals surface area contributed by atoms with Gasteiger partial charge in [-0.25, -0.2) is 0 Å². The van der Waals surface area contributed by atoms with Crippen LogP contribution >= 0.6 is 0 Å². The molecule has 0 amide bonds. The van der Waals surface area contributed by atoms with Crippen LogP contribution in [0.15, 0.2) is 0 Å². The molecule has 2 fully saturated rings. The van der Waals surface area contributed by atoms with E-state index in [9.17, 15) is 8.42 Å². The van der Waals surface area contributed by atoms with E-state index in [2.05, 4.69) is 11.6 Å². The fourth-order valence-electron chi connectivity index (χ4n) is 2.99. The normalized spacial score (nSPS) is 28.9. The SMILES string of the molecule is CCC1(NS(=O)(=O)N2CCCCC2CN)CCC1. The molecule has 0 aromatic heterocycles. The monoisotopic (exact) mass is 275 g/mol. The molecule has 1 unspecified atom stereocenters. The maximum atomic E-state index is 12.5. The van der Waals surface area contributed by atoms with Crippen molar-refractivity contribution in [2.75, 3.05) is 13.1 Å². The molecule has 0 spiro atoms. The standard InChI is InChI=1S/C12H25N3O2S/c1-2-12(7-5-8-12)14-18(16,17)15-9-4-3-6-11(15)10-13/h11,14H,2-10,13H2,1H3. The van der Waals surface area contributed by atoms with Crippen molar-refractivity contribution in [3.63, 3.8) is 0 Å². The van der Waals surface area contributed by atoms with E-state index in [-0.39, 0.29) is 11.6 Å². The lowest BCUT2D eigenvalue weighted by Crippen LogP contribution is -2.60. The molecule has 18 heavy (non-hydrogen) atoms. The van der Waals surface area contributed by atoms with E-state index in [1.165, 1.54) is 0 Å². The average Bonchev–Trinajstić information content (AvgIpc) is 2.34. The van der Waals surface area contributed by atoms with E-state index in [0.717, 1.165) is 44.9 Å². The summed E-state index contributed by atoms with van der Waals surface area (Å²) < 4.78 is 29.5. The van der Waals surface area contributed by atoms with Crippen LogP contribution in [-0.4, -0.2) is 37.4 Å². The molecule has 2 aliphatic rings. The summed E-state index contributed by atoms with van der Waals surface area (Å²) in [5, 5.41) is 0. The van der Waals surface area contributed by atoms with Gasteiger partial charge in [-0.05, 0) is 38.5 Å². The summed E-state index contributed by atoms with van der Waals surface area (Å²) in [6, 6.07) is -0.0229. The van der Waals surface area contributed by atoms with E-state index in [1.807, 2.05) is 0 Å². The van der Waals surface area contributed by atoms with E-state index in [1.54, 1.807) is 4.31 Å². The molecule has 1 heterocycles. The lowest BCUT2D eigenvalue weighted by atomic mass is 9.76. The Labute approximate surface area is 110 Å². The molecular weight excluding hydrogens is 250 g/mol. The number of hydrogen-bond acceptors (Lipinski definition) is 3. The number of rotatable bonds is 5. The number of piperidine rings is 1. The minimum atomic E-state index is -3.37. The van der Waals surface area contributed by atoms with Crippen molar-refractivity contribution in [1.82, 2.24) is 9.03 Å². The predicted octanol–water partition coefficient (Wildman–Crippen LogP) is 0.967. The topological polar surface area (TPSA) is 75.4 Å². The zero-order valence-electron chi connectivity index (χ0n) is 11.2. The summed E-state index contributed by atoms with van der Waals surface area (Å²) in [6.45, 7) is 3.08. The van der Waals surface area contributed by atoms with Gasteiger partial charge in [0.05, 0.1) is 0 Å². The van der Waals surface area contributed by atoms with Crippen molar-refractivity contribution in [3.05, 3.63) is 0 Å². The third-order valence-electron chi connectivity index (χ3n) is 4.49. The molecule has 0 aromatic rings. The van der Waals surface area contributed by atoms with Gasteiger partial charge in [-0.2, -0.15) is 17.4 Å². The van der Waals surface area contributed by atoms with Crippen LogP contribution in [0.3, 0.4) is 0 Å². The molecular formula is C12H25N3O2S. The highest BCUT2D eigenvalue weighted by molar-refractivity contribution is 7.87. The van der Waals surface area contributed by atoms with Gasteiger partial charge in [-0.3, -0.25) is 0 Å². The molecule has 0 radical (unpaired) electrons. The Kier molecular flexibility index (Phi) is 4.31. The van der Waals surface area contributed by atoms with Crippen LogP contribution in [0.1, 0.15) is 51.9 Å². The zero-order chi connectivity index (χ0) is 13.2. The predicted molar refractivity (Wildman–Crippen MR) is 72.3 cm³/mol. The maximum absolute atomic E-state index is 12.5. The molecule has 0 aromatic carbocycles. The molecule has 3 N–H and O–H groups in total. The van der Waals surface area contributed by atoms with Crippen LogP contribution in [0.2, 0.25) is 0 Å². The second-order valence-corrected chi connectivity index (χ2v) is 7.21. The second kappa shape index (κ2) is 5.45. The fraction of sp³-hybridized carbons (Fsp3) is 1.00. The first-order chi connectivity index (χ1) is 8.53. The number of nitrogens with one attached hydrogen (secondary N) is 1. The van der Waals surface area contributed by atoms with Crippen molar-refractivity contribution < 1.29 is 8.42 Å². The second-order valence-electron chi connectivity index (χ2n) is 5.59. The average molecular weight is 275 g/mol. The zero-order valence-corrected chi connectivity index (χ0v) is 12.0. The van der Waals surface area contributed by atoms with Gasteiger partial charge >= 0.3 is 0 Å². The van der Waals surface area contributed by atoms with Crippen molar-refractivity contribution in [3.8, 4) is 0 Å². The van der Waals surface area contributed by atoms with Gasteiger partial charge in [0.1, 0.15) is 0 Å². The van der Waals surface area contributed by atoms with Crippen LogP contribution in [0.25, 0.3) is 0 Å². The van der Waals surface area contributed by atoms with Crippen LogP contribution < -0.4 is 10.5 Å². The highest BCUT2D eigenvalue weighted by Gasteiger charge is 2.42. The van der Waals surface area contributed by atoms with Gasteiger partial charge < -0.3 is 5.73 Å². The Morgan fingerprint density at radius 1 is 1.33 bits per heavy atom. The van der Waals surface area contributed by atoms with Crippen LogP contribution in [0.5, 0.6) is 0 Å². The summed E-state index contributed by atoms with van der Waals surface area (Å²) in [5.41, 5.74) is 5.51. The molecule has 5 nitrogen and oxygen atoms in total. The van der Waals surface area contributed by atoms with E-state index in [4.69, 9.17) is 5.73 Å². The van der Waals surface area contributed by atoms with Gasteiger partial charge in [0.15, 0.2) is 0 Å². The minimum Gasteiger partial charge on any atom is -0.329 e. The van der Waals surface area contributed by atoms with E-state index < -0.39 is 10.2 Å². The first-order valence-corrected chi connectivity index (χ1v) is 8.48. The Hall–Kier alpha value is -0.170. The van der Waals surface area contributed by atoms with Gasteiger partial charge in [0.25, 0.3) is 10.2 Å². The Morgan fingerprint density at radius 2 is 2.06 bits per heavy atom. The lowest BCUT2D eigenvalue weighted by molar-refractivity contribution is 0.196. The summed E-state index contributed by atoms with van der Waals surface area (Å²) >= 11 is 0. The van der Waals surface area contributed by atoms with Gasteiger partial charge in [-0.1, -0.05) is 13.3 Å². The Morgan fingerprint density at radius 3 is 2.56 bits per heavy atom. The quantitative estimate of drug-likeness (QED) is 0.785. The Bertz CT molecular complexity index is 373. The van der Waals surface area contributed by atoms with E-state index in [0.29, 0.717) is 13.1 Å². The van der Waals surface area contributed by atoms with Gasteiger partial charge in [-0.15, -0.1) is 0 Å². The number of hydrogen-bond donors (Lipinski definition) is 2. The first-order valence-electron chi connectivity index (χ1n) is 7.04. The van der Waals surface area contributed by atoms with Crippen molar-refractivity contribution >= 4 is 10.2 Å². The minimum absolute atomic E-state index is 0.0229. The smallest absolute Gasteiger partial charge is 0.280 e. The number of nitrogens with zero attached hydrogens (tertiary/aromatic N) is 1. The highest BCUT2D eigenvalue weighted by Crippen LogP contribution is 2.36. The van der Waals surface area contributed by atoms with E-state index >= 15 is 0 Å². The summed E-state index contributed by atoms with van der Waals surface area (Å²) in [4.78, 5) is 0. The first kappa shape index (κ1) is 14.2. The molecule has 106 valence electrons. The lowest BCUT2D eigenvalue weighted by Gasteiger charge is -2.44. The summed E-state index contributed by atoms with van der Waals surface area (Å²) in [6.07, 6.45) is 6.82. The van der Waals surface area contributed by atoms with Crippen molar-refractivity contribution in [2.24, 2.45) is 5.73 Å². The fourth-order valence-corrected chi connectivity index (χ4v) is 4.96. The number of nitrogens with two attached hydrogens (primary N) is 1. The molecule has 1 aliphatic heterocycles. The van der Waals surface area contributed by atoms with Crippen molar-refractivity contribution in [2.45, 2.75) is 63.5 Å². The highest BCUT2D eigenvalue weighted by atomic mass is 32.2. The maximum Gasteiger partial charge on any atom is 0.280 e. The molecule has 1 saturated heterocycles. The van der Waals surface area contributed by atoms with Crippen molar-refractivity contribution in [1.29, 1.82) is 0 Å². The largest absolute Gasteiger partial charge is 0.329 e. The molecule has 2 rings (SSSR count). The Balaban J connectivity index is 2.09. The molecule has 6 heteroatoms. The van der Waals surface area contributed by atoms with Gasteiger partial charge in [0.2, 0.25) is 0 Å². The third kappa shape index (κ3) is 2.71. The van der Waals surface area contributed by atoms with Crippen LogP contribution in [0, 0.1) is 0 Å². The molecule has 1 atom stereocenters. The molecule has 1 saturated carbocycles.